The molecule has 1 aliphatic heterocycles. The highest BCUT2D eigenvalue weighted by Gasteiger charge is 2.20. The molecule has 0 saturated carbocycles. The second-order valence-corrected chi connectivity index (χ2v) is 5.74. The van der Waals surface area contributed by atoms with E-state index in [2.05, 4.69) is 27.3 Å². The first-order valence-corrected chi connectivity index (χ1v) is 7.44. The minimum absolute atomic E-state index is 0.248. The zero-order valence-corrected chi connectivity index (χ0v) is 12.5. The number of ether oxygens (including phenoxy) is 1. The molecule has 0 fully saturated rings. The average molecular weight is 336 g/mol. The van der Waals surface area contributed by atoms with E-state index in [0.717, 1.165) is 31.0 Å². The van der Waals surface area contributed by atoms with Gasteiger partial charge < -0.3 is 10.1 Å². The third kappa shape index (κ3) is 2.80. The molecule has 1 heterocycles. The third-order valence-corrected chi connectivity index (χ3v) is 4.20. The Morgan fingerprint density at radius 1 is 1.25 bits per heavy atom. The van der Waals surface area contributed by atoms with Gasteiger partial charge in [0.05, 0.1) is 11.1 Å². The molecular formula is C16H15BrFNO. The van der Waals surface area contributed by atoms with Crippen molar-refractivity contribution in [3.63, 3.8) is 0 Å². The van der Waals surface area contributed by atoms with Gasteiger partial charge in [0.25, 0.3) is 0 Å². The van der Waals surface area contributed by atoms with Crippen molar-refractivity contribution in [2.45, 2.75) is 12.3 Å². The summed E-state index contributed by atoms with van der Waals surface area (Å²) in [6.07, 6.45) is 0.975. The zero-order chi connectivity index (χ0) is 13.9. The molecule has 1 unspecified atom stereocenters. The van der Waals surface area contributed by atoms with Crippen LogP contribution in [0.4, 0.5) is 10.1 Å². The van der Waals surface area contributed by atoms with Crippen LogP contribution in [0, 0.1) is 5.82 Å². The molecule has 0 saturated heterocycles. The Morgan fingerprint density at radius 2 is 2.10 bits per heavy atom. The van der Waals surface area contributed by atoms with Gasteiger partial charge in [0, 0.05) is 18.2 Å². The van der Waals surface area contributed by atoms with Crippen LogP contribution < -0.4 is 10.1 Å². The molecule has 0 aromatic heterocycles. The van der Waals surface area contributed by atoms with Crippen molar-refractivity contribution in [2.24, 2.45) is 0 Å². The SMILES string of the molecule is Fc1cc(NCC2CCOc3ccccc32)ccc1Br. The van der Waals surface area contributed by atoms with Gasteiger partial charge in [-0.25, -0.2) is 4.39 Å². The molecule has 0 bridgehead atoms. The van der Waals surface area contributed by atoms with Crippen LogP contribution >= 0.6 is 15.9 Å². The van der Waals surface area contributed by atoms with E-state index >= 15 is 0 Å². The topological polar surface area (TPSA) is 21.3 Å². The number of benzene rings is 2. The largest absolute Gasteiger partial charge is 0.493 e. The van der Waals surface area contributed by atoms with Gasteiger partial charge in [0.15, 0.2) is 0 Å². The van der Waals surface area contributed by atoms with E-state index in [-0.39, 0.29) is 5.82 Å². The van der Waals surface area contributed by atoms with Crippen molar-refractivity contribution in [1.29, 1.82) is 0 Å². The smallest absolute Gasteiger partial charge is 0.139 e. The lowest BCUT2D eigenvalue weighted by atomic mass is 9.93. The molecule has 0 spiro atoms. The lowest BCUT2D eigenvalue weighted by Gasteiger charge is -2.26. The van der Waals surface area contributed by atoms with E-state index in [1.54, 1.807) is 6.07 Å². The molecule has 0 amide bonds. The molecule has 1 N–H and O–H groups in total. The molecule has 2 aromatic rings. The number of nitrogens with one attached hydrogen (secondary N) is 1. The Kier molecular flexibility index (Phi) is 3.92. The molecule has 2 aromatic carbocycles. The van der Waals surface area contributed by atoms with Gasteiger partial charge in [-0.3, -0.25) is 0 Å². The Hall–Kier alpha value is -1.55. The monoisotopic (exact) mass is 335 g/mol. The summed E-state index contributed by atoms with van der Waals surface area (Å²) in [5.74, 6) is 1.11. The summed E-state index contributed by atoms with van der Waals surface area (Å²) in [6.45, 7) is 1.51. The number of para-hydroxylation sites is 1. The molecule has 20 heavy (non-hydrogen) atoms. The number of hydrogen-bond donors (Lipinski definition) is 1. The van der Waals surface area contributed by atoms with Crippen LogP contribution in [0.1, 0.15) is 17.9 Å². The van der Waals surface area contributed by atoms with Gasteiger partial charge in [0.1, 0.15) is 11.6 Å². The number of halogens is 2. The normalized spacial score (nSPS) is 17.2. The number of anilines is 1. The quantitative estimate of drug-likeness (QED) is 0.887. The van der Waals surface area contributed by atoms with Crippen molar-refractivity contribution in [3.05, 3.63) is 58.3 Å². The van der Waals surface area contributed by atoms with Crippen molar-refractivity contribution >= 4 is 21.6 Å². The molecule has 0 radical (unpaired) electrons. The lowest BCUT2D eigenvalue weighted by molar-refractivity contribution is 0.270. The summed E-state index contributed by atoms with van der Waals surface area (Å²) in [5, 5.41) is 3.31. The molecule has 1 atom stereocenters. The van der Waals surface area contributed by atoms with E-state index in [1.165, 1.54) is 11.6 Å². The molecule has 3 rings (SSSR count). The molecule has 104 valence electrons. The first-order chi connectivity index (χ1) is 9.74. The minimum Gasteiger partial charge on any atom is -0.493 e. The van der Waals surface area contributed by atoms with Gasteiger partial charge in [-0.05, 0) is 52.2 Å². The predicted molar refractivity (Wildman–Crippen MR) is 81.9 cm³/mol. The fourth-order valence-corrected chi connectivity index (χ4v) is 2.72. The molecule has 1 aliphatic rings. The second kappa shape index (κ2) is 5.83. The van der Waals surface area contributed by atoms with Crippen molar-refractivity contribution in [3.8, 4) is 5.75 Å². The van der Waals surface area contributed by atoms with Crippen LogP contribution in [0.2, 0.25) is 0 Å². The highest BCUT2D eigenvalue weighted by molar-refractivity contribution is 9.10. The molecule has 2 nitrogen and oxygen atoms in total. The van der Waals surface area contributed by atoms with Crippen LogP contribution in [0.5, 0.6) is 5.75 Å². The van der Waals surface area contributed by atoms with Crippen LogP contribution in [-0.4, -0.2) is 13.2 Å². The summed E-state index contributed by atoms with van der Waals surface area (Å²) in [7, 11) is 0. The average Bonchev–Trinajstić information content (AvgIpc) is 2.48. The number of rotatable bonds is 3. The second-order valence-electron chi connectivity index (χ2n) is 4.88. The van der Waals surface area contributed by atoms with E-state index in [4.69, 9.17) is 4.74 Å². The van der Waals surface area contributed by atoms with E-state index in [0.29, 0.717) is 10.4 Å². The number of hydrogen-bond acceptors (Lipinski definition) is 2. The maximum Gasteiger partial charge on any atom is 0.139 e. The van der Waals surface area contributed by atoms with Crippen molar-refractivity contribution in [1.82, 2.24) is 0 Å². The van der Waals surface area contributed by atoms with Gasteiger partial charge in [-0.15, -0.1) is 0 Å². The number of fused-ring (bicyclic) bond motifs is 1. The van der Waals surface area contributed by atoms with Gasteiger partial charge in [-0.1, -0.05) is 18.2 Å². The molecule has 0 aliphatic carbocycles. The predicted octanol–water partition coefficient (Wildman–Crippen LogP) is 4.57. The summed E-state index contributed by atoms with van der Waals surface area (Å²) < 4.78 is 19.6. The first kappa shape index (κ1) is 13.4. The summed E-state index contributed by atoms with van der Waals surface area (Å²) >= 11 is 3.16. The molecule has 4 heteroatoms. The zero-order valence-electron chi connectivity index (χ0n) is 10.9. The summed E-state index contributed by atoms with van der Waals surface area (Å²) in [5.41, 5.74) is 2.03. The van der Waals surface area contributed by atoms with Gasteiger partial charge >= 0.3 is 0 Å². The first-order valence-electron chi connectivity index (χ1n) is 6.64. The fourth-order valence-electron chi connectivity index (χ4n) is 2.48. The fraction of sp³-hybridized carbons (Fsp3) is 0.250. The Balaban J connectivity index is 1.71. The van der Waals surface area contributed by atoms with Crippen LogP contribution in [-0.2, 0) is 0 Å². The van der Waals surface area contributed by atoms with E-state index < -0.39 is 0 Å². The Morgan fingerprint density at radius 3 is 2.95 bits per heavy atom. The highest BCUT2D eigenvalue weighted by atomic mass is 79.9. The maximum absolute atomic E-state index is 13.5. The lowest BCUT2D eigenvalue weighted by Crippen LogP contribution is -2.20. The minimum atomic E-state index is -0.248. The van der Waals surface area contributed by atoms with Gasteiger partial charge in [-0.2, -0.15) is 0 Å². The third-order valence-electron chi connectivity index (χ3n) is 3.55. The Bertz CT molecular complexity index is 617. The van der Waals surface area contributed by atoms with Crippen LogP contribution in [0.3, 0.4) is 0 Å². The van der Waals surface area contributed by atoms with Crippen molar-refractivity contribution < 1.29 is 9.13 Å². The van der Waals surface area contributed by atoms with Gasteiger partial charge in [0.2, 0.25) is 0 Å². The van der Waals surface area contributed by atoms with E-state index in [1.807, 2.05) is 24.3 Å². The Labute approximate surface area is 126 Å². The van der Waals surface area contributed by atoms with Crippen molar-refractivity contribution in [2.75, 3.05) is 18.5 Å². The maximum atomic E-state index is 13.5. The van der Waals surface area contributed by atoms with E-state index in [9.17, 15) is 4.39 Å². The summed E-state index contributed by atoms with van der Waals surface area (Å²) in [4.78, 5) is 0. The molecular weight excluding hydrogens is 321 g/mol. The summed E-state index contributed by atoms with van der Waals surface area (Å²) in [6, 6.07) is 13.2. The standard InChI is InChI=1S/C16H15BrFNO/c17-14-6-5-12(9-15(14)18)19-10-11-7-8-20-16-4-2-1-3-13(11)16/h1-6,9,11,19H,7-8,10H2. The van der Waals surface area contributed by atoms with Crippen LogP contribution in [0.25, 0.3) is 0 Å². The van der Waals surface area contributed by atoms with Crippen LogP contribution in [0.15, 0.2) is 46.9 Å². The highest BCUT2D eigenvalue weighted by Crippen LogP contribution is 2.33.